The molecule has 0 saturated carbocycles. The first-order valence-corrected chi connectivity index (χ1v) is 5.09. The Labute approximate surface area is 89.3 Å². The fourth-order valence-electron chi connectivity index (χ4n) is 1.43. The Morgan fingerprint density at radius 3 is 2.73 bits per heavy atom. The first-order chi connectivity index (χ1) is 7.04. The molecule has 0 bridgehead atoms. The topological polar surface area (TPSA) is 43.1 Å². The summed E-state index contributed by atoms with van der Waals surface area (Å²) in [5.41, 5.74) is 6.94. The minimum Gasteiger partial charge on any atom is -0.327 e. The normalized spacial score (nSPS) is 12.5. The van der Waals surface area contributed by atoms with Crippen LogP contribution in [0.15, 0.2) is 18.2 Å². The van der Waals surface area contributed by atoms with Crippen LogP contribution < -0.4 is 5.73 Å². The maximum atomic E-state index is 12.8. The first kappa shape index (κ1) is 11.9. The molecule has 0 amide bonds. The summed E-state index contributed by atoms with van der Waals surface area (Å²) in [5, 5.41) is 0. The molecule has 2 nitrogen and oxygen atoms in total. The zero-order valence-electron chi connectivity index (χ0n) is 9.09. The van der Waals surface area contributed by atoms with E-state index in [0.717, 1.165) is 6.42 Å². The van der Waals surface area contributed by atoms with Crippen LogP contribution in [-0.2, 0) is 0 Å². The Hall–Kier alpha value is -1.22. The Morgan fingerprint density at radius 1 is 1.53 bits per heavy atom. The molecule has 0 aliphatic carbocycles. The van der Waals surface area contributed by atoms with E-state index in [1.807, 2.05) is 6.92 Å². The van der Waals surface area contributed by atoms with Crippen molar-refractivity contribution in [3.63, 3.8) is 0 Å². The average molecular weight is 209 g/mol. The van der Waals surface area contributed by atoms with Gasteiger partial charge in [0.15, 0.2) is 5.78 Å². The quantitative estimate of drug-likeness (QED) is 0.774. The third-order valence-electron chi connectivity index (χ3n) is 2.46. The van der Waals surface area contributed by atoms with E-state index in [1.54, 1.807) is 6.92 Å². The van der Waals surface area contributed by atoms with E-state index in [9.17, 15) is 9.18 Å². The lowest BCUT2D eigenvalue weighted by molar-refractivity contribution is 0.0973. The van der Waals surface area contributed by atoms with E-state index < -0.39 is 0 Å². The van der Waals surface area contributed by atoms with Crippen molar-refractivity contribution in [2.24, 2.45) is 5.73 Å². The van der Waals surface area contributed by atoms with Crippen molar-refractivity contribution >= 4 is 5.78 Å². The number of halogens is 1. The lowest BCUT2D eigenvalue weighted by Gasteiger charge is -2.09. The summed E-state index contributed by atoms with van der Waals surface area (Å²) in [6, 6.07) is 4.08. The van der Waals surface area contributed by atoms with Crippen LogP contribution in [0.1, 0.15) is 35.7 Å². The molecular formula is C12H16FNO. The monoisotopic (exact) mass is 209 g/mol. The van der Waals surface area contributed by atoms with E-state index in [-0.39, 0.29) is 17.6 Å². The molecule has 3 heteroatoms. The minimum atomic E-state index is -0.316. The number of nitrogens with two attached hydrogens (primary N) is 1. The first-order valence-electron chi connectivity index (χ1n) is 5.09. The lowest BCUT2D eigenvalue weighted by atomic mass is 9.99. The van der Waals surface area contributed by atoms with Crippen LogP contribution in [0.5, 0.6) is 0 Å². The van der Waals surface area contributed by atoms with Crippen LogP contribution in [0, 0.1) is 12.7 Å². The fraction of sp³-hybridized carbons (Fsp3) is 0.417. The Bertz CT molecular complexity index is 363. The second-order valence-corrected chi connectivity index (χ2v) is 3.75. The maximum absolute atomic E-state index is 12.8. The van der Waals surface area contributed by atoms with E-state index in [0.29, 0.717) is 17.5 Å². The summed E-state index contributed by atoms with van der Waals surface area (Å²) in [6.07, 6.45) is 1.09. The predicted molar refractivity (Wildman–Crippen MR) is 58.4 cm³/mol. The van der Waals surface area contributed by atoms with Gasteiger partial charge >= 0.3 is 0 Å². The molecule has 0 fully saturated rings. The Morgan fingerprint density at radius 2 is 2.20 bits per heavy atom. The molecule has 0 aliphatic rings. The van der Waals surface area contributed by atoms with Crippen molar-refractivity contribution in [3.8, 4) is 0 Å². The van der Waals surface area contributed by atoms with Gasteiger partial charge in [0, 0.05) is 18.0 Å². The van der Waals surface area contributed by atoms with Crippen LogP contribution in [0.2, 0.25) is 0 Å². The summed E-state index contributed by atoms with van der Waals surface area (Å²) < 4.78 is 12.8. The molecule has 2 N–H and O–H groups in total. The summed E-state index contributed by atoms with van der Waals surface area (Å²) in [4.78, 5) is 11.7. The summed E-state index contributed by atoms with van der Waals surface area (Å²) in [7, 11) is 0. The van der Waals surface area contributed by atoms with Crippen LogP contribution in [0.25, 0.3) is 0 Å². The molecule has 0 aromatic heterocycles. The summed E-state index contributed by atoms with van der Waals surface area (Å²) in [6.45, 7) is 3.67. The van der Waals surface area contributed by atoms with Crippen LogP contribution >= 0.6 is 0 Å². The second kappa shape index (κ2) is 5.03. The van der Waals surface area contributed by atoms with E-state index in [2.05, 4.69) is 0 Å². The Balaban J connectivity index is 2.82. The predicted octanol–water partition coefficient (Wildman–Crippen LogP) is 2.44. The standard InChI is InChI=1S/C12H16FNO/c1-3-10(14)7-12(15)11-5-4-9(13)6-8(11)2/h4-6,10H,3,7,14H2,1-2H3. The van der Waals surface area contributed by atoms with Crippen molar-refractivity contribution in [2.45, 2.75) is 32.7 Å². The van der Waals surface area contributed by atoms with Crippen molar-refractivity contribution < 1.29 is 9.18 Å². The van der Waals surface area contributed by atoms with Gasteiger partial charge in [-0.1, -0.05) is 6.92 Å². The summed E-state index contributed by atoms with van der Waals surface area (Å²) >= 11 is 0. The Kier molecular flexibility index (Phi) is 3.97. The van der Waals surface area contributed by atoms with Crippen molar-refractivity contribution in [1.82, 2.24) is 0 Å². The third kappa shape index (κ3) is 3.13. The smallest absolute Gasteiger partial charge is 0.164 e. The number of hydrogen-bond acceptors (Lipinski definition) is 2. The molecule has 0 aliphatic heterocycles. The molecule has 1 unspecified atom stereocenters. The molecule has 0 heterocycles. The highest BCUT2D eigenvalue weighted by Crippen LogP contribution is 2.13. The fourth-order valence-corrected chi connectivity index (χ4v) is 1.43. The highest BCUT2D eigenvalue weighted by Gasteiger charge is 2.12. The van der Waals surface area contributed by atoms with Gasteiger partial charge in [-0.2, -0.15) is 0 Å². The highest BCUT2D eigenvalue weighted by molar-refractivity contribution is 5.97. The molecule has 15 heavy (non-hydrogen) atoms. The van der Waals surface area contributed by atoms with Gasteiger partial charge in [0.05, 0.1) is 0 Å². The second-order valence-electron chi connectivity index (χ2n) is 3.75. The van der Waals surface area contributed by atoms with Crippen molar-refractivity contribution in [1.29, 1.82) is 0 Å². The zero-order chi connectivity index (χ0) is 11.4. The molecule has 1 aromatic rings. The molecule has 1 rings (SSSR count). The number of carbonyl (C=O) groups excluding carboxylic acids is 1. The van der Waals surface area contributed by atoms with Gasteiger partial charge in [0.1, 0.15) is 5.82 Å². The SMILES string of the molecule is CCC(N)CC(=O)c1ccc(F)cc1C. The summed E-state index contributed by atoms with van der Waals surface area (Å²) in [5.74, 6) is -0.328. The molecule has 0 radical (unpaired) electrons. The van der Waals surface area contributed by atoms with Gasteiger partial charge in [-0.15, -0.1) is 0 Å². The highest BCUT2D eigenvalue weighted by atomic mass is 19.1. The third-order valence-corrected chi connectivity index (χ3v) is 2.46. The van der Waals surface area contributed by atoms with E-state index in [4.69, 9.17) is 5.73 Å². The average Bonchev–Trinajstić information content (AvgIpc) is 2.17. The van der Waals surface area contributed by atoms with Gasteiger partial charge in [-0.05, 0) is 37.1 Å². The van der Waals surface area contributed by atoms with Gasteiger partial charge in [-0.3, -0.25) is 4.79 Å². The molecule has 82 valence electrons. The van der Waals surface area contributed by atoms with Gasteiger partial charge in [0.2, 0.25) is 0 Å². The largest absolute Gasteiger partial charge is 0.327 e. The number of hydrogen-bond donors (Lipinski definition) is 1. The van der Waals surface area contributed by atoms with Gasteiger partial charge < -0.3 is 5.73 Å². The van der Waals surface area contributed by atoms with Crippen LogP contribution in [0.4, 0.5) is 4.39 Å². The van der Waals surface area contributed by atoms with Crippen LogP contribution in [-0.4, -0.2) is 11.8 Å². The number of rotatable bonds is 4. The minimum absolute atomic E-state index is 0.0122. The number of carbonyl (C=O) groups is 1. The number of Topliss-reactive ketones (excluding diaryl/α,β-unsaturated/α-hetero) is 1. The molecular weight excluding hydrogens is 193 g/mol. The molecule has 0 spiro atoms. The zero-order valence-corrected chi connectivity index (χ0v) is 9.09. The van der Waals surface area contributed by atoms with Crippen LogP contribution in [0.3, 0.4) is 0 Å². The van der Waals surface area contributed by atoms with Crippen molar-refractivity contribution in [3.05, 3.63) is 35.1 Å². The van der Waals surface area contributed by atoms with E-state index in [1.165, 1.54) is 18.2 Å². The van der Waals surface area contributed by atoms with E-state index >= 15 is 0 Å². The molecule has 0 saturated heterocycles. The molecule has 1 aromatic carbocycles. The number of ketones is 1. The van der Waals surface area contributed by atoms with Gasteiger partial charge in [-0.25, -0.2) is 4.39 Å². The lowest BCUT2D eigenvalue weighted by Crippen LogP contribution is -2.23. The number of aryl methyl sites for hydroxylation is 1. The van der Waals surface area contributed by atoms with Crippen molar-refractivity contribution in [2.75, 3.05) is 0 Å². The van der Waals surface area contributed by atoms with Gasteiger partial charge in [0.25, 0.3) is 0 Å². The molecule has 1 atom stereocenters. The number of benzene rings is 1. The maximum Gasteiger partial charge on any atom is 0.164 e.